The van der Waals surface area contributed by atoms with Crippen molar-refractivity contribution in [3.05, 3.63) is 59.2 Å². The van der Waals surface area contributed by atoms with Crippen LogP contribution in [-0.4, -0.2) is 17.6 Å². The smallest absolute Gasteiger partial charge is 0.262 e. The molecule has 0 aliphatic rings. The average molecular weight is 313 g/mol. The molecular weight excluding hydrogens is 290 g/mol. The first-order valence-electron chi connectivity index (χ1n) is 7.74. The highest BCUT2D eigenvalue weighted by atomic mass is 16.5. The fourth-order valence-electron chi connectivity index (χ4n) is 2.44. The van der Waals surface area contributed by atoms with E-state index in [2.05, 4.69) is 19.2 Å². The van der Waals surface area contributed by atoms with Crippen LogP contribution in [0.2, 0.25) is 0 Å². The van der Waals surface area contributed by atoms with Gasteiger partial charge in [-0.3, -0.25) is 4.79 Å². The Morgan fingerprint density at radius 1 is 1.17 bits per heavy atom. The SMILES string of the molecule is Cc1cccc(C(C)C)c1NC(=O)COc1ccccc1CO. The number of hydrogen-bond donors (Lipinski definition) is 2. The van der Waals surface area contributed by atoms with Crippen LogP contribution in [0.4, 0.5) is 5.69 Å². The number of carbonyl (C=O) groups excluding carboxylic acids is 1. The largest absolute Gasteiger partial charge is 0.483 e. The Balaban J connectivity index is 2.06. The fraction of sp³-hybridized carbons (Fsp3) is 0.316. The summed E-state index contributed by atoms with van der Waals surface area (Å²) in [6.07, 6.45) is 0. The topological polar surface area (TPSA) is 58.6 Å². The van der Waals surface area contributed by atoms with E-state index in [1.807, 2.05) is 37.3 Å². The van der Waals surface area contributed by atoms with Crippen LogP contribution in [0.15, 0.2) is 42.5 Å². The number of aryl methyl sites for hydroxylation is 1. The van der Waals surface area contributed by atoms with E-state index >= 15 is 0 Å². The Morgan fingerprint density at radius 2 is 1.91 bits per heavy atom. The molecule has 0 atom stereocenters. The lowest BCUT2D eigenvalue weighted by Gasteiger charge is -2.17. The summed E-state index contributed by atoms with van der Waals surface area (Å²) >= 11 is 0. The predicted octanol–water partition coefficient (Wildman–Crippen LogP) is 3.63. The molecule has 2 N–H and O–H groups in total. The highest BCUT2D eigenvalue weighted by molar-refractivity contribution is 5.93. The summed E-state index contributed by atoms with van der Waals surface area (Å²) in [4.78, 5) is 12.2. The van der Waals surface area contributed by atoms with Gasteiger partial charge in [-0.1, -0.05) is 50.2 Å². The van der Waals surface area contributed by atoms with Gasteiger partial charge in [0.1, 0.15) is 5.75 Å². The number of para-hydroxylation sites is 2. The first-order chi connectivity index (χ1) is 11.0. The van der Waals surface area contributed by atoms with Gasteiger partial charge in [-0.15, -0.1) is 0 Å². The lowest BCUT2D eigenvalue weighted by molar-refractivity contribution is -0.118. The van der Waals surface area contributed by atoms with Crippen LogP contribution in [-0.2, 0) is 11.4 Å². The van der Waals surface area contributed by atoms with Crippen LogP contribution >= 0.6 is 0 Å². The molecule has 2 aromatic carbocycles. The normalized spacial score (nSPS) is 10.7. The fourth-order valence-corrected chi connectivity index (χ4v) is 2.44. The van der Waals surface area contributed by atoms with Gasteiger partial charge in [-0.05, 0) is 30.0 Å². The van der Waals surface area contributed by atoms with Gasteiger partial charge in [0, 0.05) is 11.3 Å². The molecular formula is C19H23NO3. The Labute approximate surface area is 137 Å². The molecule has 4 heteroatoms. The van der Waals surface area contributed by atoms with E-state index in [0.29, 0.717) is 17.2 Å². The monoisotopic (exact) mass is 313 g/mol. The highest BCUT2D eigenvalue weighted by Crippen LogP contribution is 2.27. The van der Waals surface area contributed by atoms with Crippen molar-refractivity contribution in [1.82, 2.24) is 0 Å². The summed E-state index contributed by atoms with van der Waals surface area (Å²) in [6, 6.07) is 13.1. The first kappa shape index (κ1) is 17.0. The molecule has 2 rings (SSSR count). The molecule has 0 radical (unpaired) electrons. The molecule has 0 bridgehead atoms. The first-order valence-corrected chi connectivity index (χ1v) is 7.74. The van der Waals surface area contributed by atoms with Crippen molar-refractivity contribution in [2.45, 2.75) is 33.3 Å². The zero-order chi connectivity index (χ0) is 16.8. The molecule has 0 spiro atoms. The molecule has 122 valence electrons. The van der Waals surface area contributed by atoms with E-state index in [9.17, 15) is 9.90 Å². The van der Waals surface area contributed by atoms with Crippen molar-refractivity contribution in [3.8, 4) is 5.75 Å². The molecule has 0 unspecified atom stereocenters. The molecule has 2 aromatic rings. The van der Waals surface area contributed by atoms with Crippen molar-refractivity contribution in [1.29, 1.82) is 0 Å². The second-order valence-corrected chi connectivity index (χ2v) is 5.80. The molecule has 23 heavy (non-hydrogen) atoms. The maximum absolute atomic E-state index is 12.2. The number of hydrogen-bond acceptors (Lipinski definition) is 3. The van der Waals surface area contributed by atoms with Gasteiger partial charge in [-0.2, -0.15) is 0 Å². The van der Waals surface area contributed by atoms with E-state index in [1.54, 1.807) is 12.1 Å². The number of aliphatic hydroxyl groups excluding tert-OH is 1. The second kappa shape index (κ2) is 7.79. The molecule has 1 amide bonds. The van der Waals surface area contributed by atoms with Crippen molar-refractivity contribution in [3.63, 3.8) is 0 Å². The summed E-state index contributed by atoms with van der Waals surface area (Å²) in [7, 11) is 0. The van der Waals surface area contributed by atoms with Crippen molar-refractivity contribution < 1.29 is 14.6 Å². The zero-order valence-electron chi connectivity index (χ0n) is 13.8. The Kier molecular flexibility index (Phi) is 5.77. The van der Waals surface area contributed by atoms with Gasteiger partial charge in [0.05, 0.1) is 6.61 Å². The van der Waals surface area contributed by atoms with Gasteiger partial charge < -0.3 is 15.2 Å². The lowest BCUT2D eigenvalue weighted by Crippen LogP contribution is -2.22. The molecule has 0 saturated heterocycles. The third-order valence-electron chi connectivity index (χ3n) is 3.69. The average Bonchev–Trinajstić information content (AvgIpc) is 2.54. The maximum Gasteiger partial charge on any atom is 0.262 e. The predicted molar refractivity (Wildman–Crippen MR) is 91.8 cm³/mol. The van der Waals surface area contributed by atoms with Crippen LogP contribution in [0, 0.1) is 6.92 Å². The minimum Gasteiger partial charge on any atom is -0.483 e. The molecule has 0 aliphatic heterocycles. The number of ether oxygens (including phenoxy) is 1. The summed E-state index contributed by atoms with van der Waals surface area (Å²) < 4.78 is 5.53. The number of anilines is 1. The van der Waals surface area contributed by atoms with Crippen LogP contribution in [0.25, 0.3) is 0 Å². The van der Waals surface area contributed by atoms with E-state index in [0.717, 1.165) is 16.8 Å². The van der Waals surface area contributed by atoms with Crippen molar-refractivity contribution >= 4 is 11.6 Å². The third-order valence-corrected chi connectivity index (χ3v) is 3.69. The number of carbonyl (C=O) groups is 1. The Morgan fingerprint density at radius 3 is 2.61 bits per heavy atom. The summed E-state index contributed by atoms with van der Waals surface area (Å²) in [5, 5.41) is 12.2. The van der Waals surface area contributed by atoms with Crippen LogP contribution < -0.4 is 10.1 Å². The molecule has 0 heterocycles. The summed E-state index contributed by atoms with van der Waals surface area (Å²) in [6.45, 7) is 5.95. The maximum atomic E-state index is 12.2. The summed E-state index contributed by atoms with van der Waals surface area (Å²) in [5.74, 6) is 0.634. The number of amides is 1. The van der Waals surface area contributed by atoms with E-state index < -0.39 is 0 Å². The Bertz CT molecular complexity index is 680. The standard InChI is InChI=1S/C19H23NO3/c1-13(2)16-9-6-7-14(3)19(16)20-18(22)12-23-17-10-5-4-8-15(17)11-21/h4-10,13,21H,11-12H2,1-3H3,(H,20,22). The van der Waals surface area contributed by atoms with E-state index in [-0.39, 0.29) is 19.1 Å². The molecule has 0 saturated carbocycles. The van der Waals surface area contributed by atoms with Gasteiger partial charge in [-0.25, -0.2) is 0 Å². The third kappa shape index (κ3) is 4.33. The van der Waals surface area contributed by atoms with Gasteiger partial charge in [0.2, 0.25) is 0 Å². The summed E-state index contributed by atoms with van der Waals surface area (Å²) in [5.41, 5.74) is 3.65. The zero-order valence-corrected chi connectivity index (χ0v) is 13.8. The van der Waals surface area contributed by atoms with Crippen LogP contribution in [0.5, 0.6) is 5.75 Å². The molecule has 4 nitrogen and oxygen atoms in total. The minimum absolute atomic E-state index is 0.0944. The van der Waals surface area contributed by atoms with E-state index in [1.165, 1.54) is 0 Å². The molecule has 0 aromatic heterocycles. The highest BCUT2D eigenvalue weighted by Gasteiger charge is 2.13. The van der Waals surface area contributed by atoms with Gasteiger partial charge in [0.25, 0.3) is 5.91 Å². The van der Waals surface area contributed by atoms with Crippen LogP contribution in [0.1, 0.15) is 36.5 Å². The number of rotatable bonds is 6. The van der Waals surface area contributed by atoms with Crippen LogP contribution in [0.3, 0.4) is 0 Å². The van der Waals surface area contributed by atoms with Gasteiger partial charge >= 0.3 is 0 Å². The molecule has 0 aliphatic carbocycles. The number of aliphatic hydroxyl groups is 1. The minimum atomic E-state index is -0.214. The number of nitrogens with one attached hydrogen (secondary N) is 1. The molecule has 0 fully saturated rings. The lowest BCUT2D eigenvalue weighted by atomic mass is 9.98. The van der Waals surface area contributed by atoms with Crippen molar-refractivity contribution in [2.75, 3.05) is 11.9 Å². The van der Waals surface area contributed by atoms with Gasteiger partial charge in [0.15, 0.2) is 6.61 Å². The van der Waals surface area contributed by atoms with Crippen molar-refractivity contribution in [2.24, 2.45) is 0 Å². The second-order valence-electron chi connectivity index (χ2n) is 5.80. The Hall–Kier alpha value is -2.33. The quantitative estimate of drug-likeness (QED) is 0.856. The number of benzene rings is 2. The van der Waals surface area contributed by atoms with E-state index in [4.69, 9.17) is 4.74 Å².